The standard InChI is InChI=1S/C14H30N2O4/c1-4-5-6-10(2)16(8-7-12(18)9-15)13(11(3)17)14(19)20/h10-13,17-18H,4-9,15H2,1-3H3,(H,19,20). The van der Waals surface area contributed by atoms with E-state index in [2.05, 4.69) is 6.92 Å². The summed E-state index contributed by atoms with van der Waals surface area (Å²) in [4.78, 5) is 13.2. The average Bonchev–Trinajstić information content (AvgIpc) is 2.38. The first kappa shape index (κ1) is 19.3. The van der Waals surface area contributed by atoms with E-state index in [4.69, 9.17) is 5.73 Å². The van der Waals surface area contributed by atoms with Crippen molar-refractivity contribution in [1.29, 1.82) is 0 Å². The molecule has 5 N–H and O–H groups in total. The van der Waals surface area contributed by atoms with Crippen LogP contribution in [-0.4, -0.2) is 63.6 Å². The van der Waals surface area contributed by atoms with Crippen LogP contribution >= 0.6 is 0 Å². The largest absolute Gasteiger partial charge is 0.480 e. The van der Waals surface area contributed by atoms with E-state index in [-0.39, 0.29) is 12.6 Å². The van der Waals surface area contributed by atoms with Gasteiger partial charge in [0.15, 0.2) is 0 Å². The third-order valence-corrected chi connectivity index (χ3v) is 3.60. The lowest BCUT2D eigenvalue weighted by Crippen LogP contribution is -2.52. The number of nitrogens with zero attached hydrogens (tertiary/aromatic N) is 1. The highest BCUT2D eigenvalue weighted by molar-refractivity contribution is 5.74. The van der Waals surface area contributed by atoms with Crippen LogP contribution < -0.4 is 5.73 Å². The fourth-order valence-corrected chi connectivity index (χ4v) is 2.34. The Kier molecular flexibility index (Phi) is 9.75. The first-order chi connectivity index (χ1) is 9.34. The molecular formula is C14H30N2O4. The zero-order valence-corrected chi connectivity index (χ0v) is 12.8. The first-order valence-corrected chi connectivity index (χ1v) is 7.39. The summed E-state index contributed by atoms with van der Waals surface area (Å²) in [5, 5.41) is 28.6. The van der Waals surface area contributed by atoms with Gasteiger partial charge in [-0.1, -0.05) is 19.8 Å². The van der Waals surface area contributed by atoms with Crippen molar-refractivity contribution in [2.45, 2.75) is 70.7 Å². The summed E-state index contributed by atoms with van der Waals surface area (Å²) in [5.74, 6) is -1.04. The Hall–Kier alpha value is -0.690. The minimum absolute atomic E-state index is 0.0376. The average molecular weight is 290 g/mol. The molecule has 6 nitrogen and oxygen atoms in total. The van der Waals surface area contributed by atoms with Crippen molar-refractivity contribution in [3.8, 4) is 0 Å². The number of hydrogen-bond donors (Lipinski definition) is 4. The van der Waals surface area contributed by atoms with Gasteiger partial charge in [0.05, 0.1) is 12.2 Å². The van der Waals surface area contributed by atoms with Gasteiger partial charge in [-0.3, -0.25) is 9.69 Å². The van der Waals surface area contributed by atoms with Crippen LogP contribution in [0, 0.1) is 0 Å². The molecule has 0 heterocycles. The molecule has 4 unspecified atom stereocenters. The van der Waals surface area contributed by atoms with Crippen molar-refractivity contribution >= 4 is 5.97 Å². The predicted octanol–water partition coefficient (Wildman–Crippen LogP) is 0.411. The van der Waals surface area contributed by atoms with Gasteiger partial charge in [-0.25, -0.2) is 0 Å². The maximum atomic E-state index is 11.4. The summed E-state index contributed by atoms with van der Waals surface area (Å²) in [6.45, 7) is 6.09. The molecule has 0 aromatic heterocycles. The molecular weight excluding hydrogens is 260 g/mol. The highest BCUT2D eigenvalue weighted by Gasteiger charge is 2.33. The first-order valence-electron chi connectivity index (χ1n) is 7.39. The van der Waals surface area contributed by atoms with Crippen LogP contribution in [0.25, 0.3) is 0 Å². The Bertz CT molecular complexity index is 274. The third-order valence-electron chi connectivity index (χ3n) is 3.60. The van der Waals surface area contributed by atoms with Crippen molar-refractivity contribution < 1.29 is 20.1 Å². The number of carbonyl (C=O) groups is 1. The minimum atomic E-state index is -1.04. The second-order valence-corrected chi connectivity index (χ2v) is 5.43. The number of carboxylic acids is 1. The quantitative estimate of drug-likeness (QED) is 0.439. The summed E-state index contributed by atoms with van der Waals surface area (Å²) in [6, 6.07) is -0.914. The number of aliphatic hydroxyl groups excluding tert-OH is 2. The molecule has 0 aliphatic heterocycles. The Morgan fingerprint density at radius 2 is 1.85 bits per heavy atom. The van der Waals surface area contributed by atoms with Crippen LogP contribution in [0.2, 0.25) is 0 Å². The number of hydrogen-bond acceptors (Lipinski definition) is 5. The molecule has 0 radical (unpaired) electrons. The van der Waals surface area contributed by atoms with Crippen molar-refractivity contribution in [2.24, 2.45) is 5.73 Å². The van der Waals surface area contributed by atoms with Gasteiger partial charge in [-0.2, -0.15) is 0 Å². The molecule has 0 aromatic carbocycles. The summed E-state index contributed by atoms with van der Waals surface area (Å²) >= 11 is 0. The lowest BCUT2D eigenvalue weighted by atomic mass is 10.0. The van der Waals surface area contributed by atoms with Crippen molar-refractivity contribution in [2.75, 3.05) is 13.1 Å². The van der Waals surface area contributed by atoms with Crippen LogP contribution in [0.3, 0.4) is 0 Å². The monoisotopic (exact) mass is 290 g/mol. The Morgan fingerprint density at radius 3 is 2.25 bits per heavy atom. The number of carboxylic acid groups (broad SMARTS) is 1. The van der Waals surface area contributed by atoms with E-state index in [9.17, 15) is 20.1 Å². The zero-order valence-electron chi connectivity index (χ0n) is 12.8. The second-order valence-electron chi connectivity index (χ2n) is 5.43. The number of nitrogens with two attached hydrogens (primary N) is 1. The van der Waals surface area contributed by atoms with Crippen LogP contribution in [0.5, 0.6) is 0 Å². The number of aliphatic hydroxyl groups is 2. The molecule has 0 spiro atoms. The molecule has 4 atom stereocenters. The van der Waals surface area contributed by atoms with Crippen LogP contribution in [0.15, 0.2) is 0 Å². The molecule has 0 aliphatic rings. The van der Waals surface area contributed by atoms with Crippen molar-refractivity contribution in [3.63, 3.8) is 0 Å². The summed E-state index contributed by atoms with van der Waals surface area (Å²) < 4.78 is 0. The molecule has 20 heavy (non-hydrogen) atoms. The zero-order chi connectivity index (χ0) is 15.7. The number of unbranched alkanes of at least 4 members (excludes halogenated alkanes) is 1. The van der Waals surface area contributed by atoms with E-state index < -0.39 is 24.2 Å². The van der Waals surface area contributed by atoms with Gasteiger partial charge in [0.1, 0.15) is 6.04 Å². The van der Waals surface area contributed by atoms with Gasteiger partial charge in [0, 0.05) is 19.1 Å². The molecule has 0 saturated carbocycles. The Morgan fingerprint density at radius 1 is 1.25 bits per heavy atom. The second kappa shape index (κ2) is 10.1. The van der Waals surface area contributed by atoms with E-state index in [1.54, 1.807) is 4.90 Å². The Balaban J connectivity index is 4.86. The van der Waals surface area contributed by atoms with Gasteiger partial charge in [-0.15, -0.1) is 0 Å². The van der Waals surface area contributed by atoms with Gasteiger partial charge >= 0.3 is 5.97 Å². The van der Waals surface area contributed by atoms with E-state index in [0.29, 0.717) is 13.0 Å². The smallest absolute Gasteiger partial charge is 0.323 e. The molecule has 6 heteroatoms. The molecule has 0 aliphatic carbocycles. The number of rotatable bonds is 11. The van der Waals surface area contributed by atoms with Crippen molar-refractivity contribution in [1.82, 2.24) is 4.90 Å². The van der Waals surface area contributed by atoms with Gasteiger partial charge in [0.2, 0.25) is 0 Å². The minimum Gasteiger partial charge on any atom is -0.480 e. The maximum absolute atomic E-state index is 11.4. The highest BCUT2D eigenvalue weighted by atomic mass is 16.4. The fraction of sp³-hybridized carbons (Fsp3) is 0.929. The van der Waals surface area contributed by atoms with E-state index in [0.717, 1.165) is 19.3 Å². The van der Waals surface area contributed by atoms with Crippen LogP contribution in [0.4, 0.5) is 0 Å². The van der Waals surface area contributed by atoms with E-state index in [1.807, 2.05) is 6.92 Å². The molecule has 0 aromatic rings. The summed E-state index contributed by atoms with van der Waals surface area (Å²) in [7, 11) is 0. The molecule has 120 valence electrons. The topological polar surface area (TPSA) is 107 Å². The van der Waals surface area contributed by atoms with E-state index in [1.165, 1.54) is 6.92 Å². The lowest BCUT2D eigenvalue weighted by Gasteiger charge is -2.36. The summed E-state index contributed by atoms with van der Waals surface area (Å²) in [5.41, 5.74) is 5.38. The van der Waals surface area contributed by atoms with Crippen molar-refractivity contribution in [3.05, 3.63) is 0 Å². The molecule has 0 fully saturated rings. The molecule has 0 rings (SSSR count). The molecule has 0 bridgehead atoms. The SMILES string of the molecule is CCCCC(C)N(CCC(O)CN)C(C(=O)O)C(C)O. The Labute approximate surface area is 121 Å². The van der Waals surface area contributed by atoms with Gasteiger partial charge in [-0.05, 0) is 26.7 Å². The number of aliphatic carboxylic acids is 1. The summed E-state index contributed by atoms with van der Waals surface area (Å²) in [6.07, 6.45) is 1.71. The van der Waals surface area contributed by atoms with Crippen LogP contribution in [0.1, 0.15) is 46.5 Å². The van der Waals surface area contributed by atoms with Gasteiger partial charge < -0.3 is 21.1 Å². The van der Waals surface area contributed by atoms with Crippen LogP contribution in [-0.2, 0) is 4.79 Å². The van der Waals surface area contributed by atoms with E-state index >= 15 is 0 Å². The maximum Gasteiger partial charge on any atom is 0.323 e. The van der Waals surface area contributed by atoms with Gasteiger partial charge in [0.25, 0.3) is 0 Å². The third kappa shape index (κ3) is 6.65. The molecule has 0 amide bonds. The molecule has 0 saturated heterocycles. The normalized spacial score (nSPS) is 17.8. The predicted molar refractivity (Wildman–Crippen MR) is 78.5 cm³/mol. The highest BCUT2D eigenvalue weighted by Crippen LogP contribution is 2.16. The lowest BCUT2D eigenvalue weighted by molar-refractivity contribution is -0.149. The fourth-order valence-electron chi connectivity index (χ4n) is 2.34.